The summed E-state index contributed by atoms with van der Waals surface area (Å²) in [6.07, 6.45) is -0.677. The average Bonchev–Trinajstić information content (AvgIpc) is 2.94. The first-order chi connectivity index (χ1) is 12.1. The summed E-state index contributed by atoms with van der Waals surface area (Å²) in [6.45, 7) is 2.87. The molecule has 25 heavy (non-hydrogen) atoms. The second-order valence-corrected chi connectivity index (χ2v) is 6.34. The van der Waals surface area contributed by atoms with E-state index in [1.807, 2.05) is 41.8 Å². The summed E-state index contributed by atoms with van der Waals surface area (Å²) in [5.74, 6) is 1.47. The molecule has 0 aliphatic carbocycles. The third-order valence-corrected chi connectivity index (χ3v) is 4.40. The van der Waals surface area contributed by atoms with E-state index in [2.05, 4.69) is 4.98 Å². The van der Waals surface area contributed by atoms with Crippen LogP contribution in [-0.2, 0) is 17.9 Å². The molecule has 0 fully saturated rings. The maximum absolute atomic E-state index is 10.4. The molecule has 3 rings (SSSR count). The summed E-state index contributed by atoms with van der Waals surface area (Å²) in [7, 11) is 1.63. The van der Waals surface area contributed by atoms with Crippen LogP contribution >= 0.6 is 11.6 Å². The first-order valence-electron chi connectivity index (χ1n) is 8.08. The van der Waals surface area contributed by atoms with E-state index >= 15 is 0 Å². The summed E-state index contributed by atoms with van der Waals surface area (Å²) in [5.41, 5.74) is 2.79. The smallest absolute Gasteiger partial charge is 0.136 e. The molecule has 0 saturated carbocycles. The third kappa shape index (κ3) is 4.12. The van der Waals surface area contributed by atoms with Crippen molar-refractivity contribution in [1.82, 2.24) is 9.55 Å². The summed E-state index contributed by atoms with van der Waals surface area (Å²) < 4.78 is 12.9. The Hall–Kier alpha value is -2.08. The molecule has 0 amide bonds. The Kier molecular flexibility index (Phi) is 5.58. The lowest BCUT2D eigenvalue weighted by atomic mass is 10.2. The van der Waals surface area contributed by atoms with Crippen LogP contribution in [-0.4, -0.2) is 34.5 Å². The number of hydrogen-bond acceptors (Lipinski definition) is 4. The minimum Gasteiger partial charge on any atom is -0.491 e. The average molecular weight is 361 g/mol. The summed E-state index contributed by atoms with van der Waals surface area (Å²) in [6, 6.07) is 13.3. The Morgan fingerprint density at radius 1 is 1.24 bits per heavy atom. The van der Waals surface area contributed by atoms with Crippen LogP contribution in [0.3, 0.4) is 0 Å². The number of imidazole rings is 1. The van der Waals surface area contributed by atoms with Gasteiger partial charge in [-0.3, -0.25) is 0 Å². The van der Waals surface area contributed by atoms with Crippen molar-refractivity contribution in [1.29, 1.82) is 0 Å². The lowest BCUT2D eigenvalue weighted by molar-refractivity contribution is 0.0901. The normalized spacial score (nSPS) is 12.5. The third-order valence-electron chi connectivity index (χ3n) is 3.97. The Balaban J connectivity index is 1.71. The molecule has 1 N–H and O–H groups in total. The van der Waals surface area contributed by atoms with E-state index in [1.165, 1.54) is 0 Å². The van der Waals surface area contributed by atoms with Crippen LogP contribution in [0.5, 0.6) is 5.75 Å². The van der Waals surface area contributed by atoms with Gasteiger partial charge in [0.2, 0.25) is 0 Å². The molecule has 6 heteroatoms. The number of rotatable bonds is 7. The van der Waals surface area contributed by atoms with Crippen molar-refractivity contribution in [3.05, 3.63) is 58.9 Å². The highest BCUT2D eigenvalue weighted by Gasteiger charge is 2.14. The highest BCUT2D eigenvalue weighted by molar-refractivity contribution is 6.31. The molecule has 5 nitrogen and oxygen atoms in total. The van der Waals surface area contributed by atoms with Gasteiger partial charge in [-0.15, -0.1) is 0 Å². The largest absolute Gasteiger partial charge is 0.491 e. The molecule has 0 bridgehead atoms. The fraction of sp³-hybridized carbons (Fsp3) is 0.316. The Morgan fingerprint density at radius 3 is 2.80 bits per heavy atom. The molecular formula is C19H21ClN2O3. The van der Waals surface area contributed by atoms with Gasteiger partial charge >= 0.3 is 0 Å². The summed E-state index contributed by atoms with van der Waals surface area (Å²) in [5, 5.41) is 11.1. The van der Waals surface area contributed by atoms with Crippen LogP contribution in [0.2, 0.25) is 5.02 Å². The molecular weight excluding hydrogens is 340 g/mol. The van der Waals surface area contributed by atoms with Crippen LogP contribution in [0.1, 0.15) is 11.4 Å². The van der Waals surface area contributed by atoms with Gasteiger partial charge in [-0.05, 0) is 42.8 Å². The number of fused-ring (bicyclic) bond motifs is 1. The number of aliphatic hydroxyl groups excluding tert-OH is 1. The van der Waals surface area contributed by atoms with Gasteiger partial charge in [-0.25, -0.2) is 4.98 Å². The van der Waals surface area contributed by atoms with Crippen molar-refractivity contribution in [3.63, 3.8) is 0 Å². The number of aromatic nitrogens is 2. The number of benzene rings is 2. The van der Waals surface area contributed by atoms with Crippen LogP contribution in [0.25, 0.3) is 11.0 Å². The lowest BCUT2D eigenvalue weighted by Crippen LogP contribution is -2.24. The van der Waals surface area contributed by atoms with Crippen LogP contribution in [0.15, 0.2) is 42.5 Å². The van der Waals surface area contributed by atoms with E-state index in [-0.39, 0.29) is 6.61 Å². The first-order valence-corrected chi connectivity index (χ1v) is 8.46. The van der Waals surface area contributed by atoms with E-state index < -0.39 is 6.10 Å². The minimum atomic E-state index is -0.677. The van der Waals surface area contributed by atoms with Crippen molar-refractivity contribution in [2.45, 2.75) is 26.2 Å². The van der Waals surface area contributed by atoms with Gasteiger partial charge < -0.3 is 19.1 Å². The number of ether oxygens (including phenoxy) is 2. The van der Waals surface area contributed by atoms with Crippen molar-refractivity contribution in [2.24, 2.45) is 0 Å². The Bertz CT molecular complexity index is 863. The van der Waals surface area contributed by atoms with E-state index in [9.17, 15) is 5.11 Å². The molecule has 1 aromatic heterocycles. The zero-order valence-electron chi connectivity index (χ0n) is 14.3. The van der Waals surface area contributed by atoms with Gasteiger partial charge in [-0.2, -0.15) is 0 Å². The predicted molar refractivity (Wildman–Crippen MR) is 98.1 cm³/mol. The molecule has 0 radical (unpaired) electrons. The molecule has 0 aliphatic rings. The van der Waals surface area contributed by atoms with Crippen molar-refractivity contribution < 1.29 is 14.6 Å². The second-order valence-electron chi connectivity index (χ2n) is 5.94. The number of aryl methyl sites for hydroxylation is 1. The molecule has 0 aliphatic heterocycles. The summed E-state index contributed by atoms with van der Waals surface area (Å²) in [4.78, 5) is 4.57. The zero-order chi connectivity index (χ0) is 17.8. The number of nitrogens with zero attached hydrogens (tertiary/aromatic N) is 2. The fourth-order valence-electron chi connectivity index (χ4n) is 2.73. The SMILES string of the molecule is COCc1nc2ccccc2n1C[C@@H](O)COc1ccc(Cl)c(C)c1. The van der Waals surface area contributed by atoms with Crippen molar-refractivity contribution in [2.75, 3.05) is 13.7 Å². The molecule has 0 saturated heterocycles. The maximum atomic E-state index is 10.4. The summed E-state index contributed by atoms with van der Waals surface area (Å²) >= 11 is 6.01. The number of halogens is 1. The van der Waals surface area contributed by atoms with Crippen molar-refractivity contribution in [3.8, 4) is 5.75 Å². The highest BCUT2D eigenvalue weighted by Crippen LogP contribution is 2.22. The van der Waals surface area contributed by atoms with E-state index in [1.54, 1.807) is 19.2 Å². The molecule has 132 valence electrons. The van der Waals surface area contributed by atoms with Crippen molar-refractivity contribution >= 4 is 22.6 Å². The number of para-hydroxylation sites is 2. The maximum Gasteiger partial charge on any atom is 0.136 e. The number of aliphatic hydroxyl groups is 1. The molecule has 0 spiro atoms. The van der Waals surface area contributed by atoms with E-state index in [0.29, 0.717) is 23.9 Å². The highest BCUT2D eigenvalue weighted by atomic mass is 35.5. The predicted octanol–water partition coefficient (Wildman–Crippen LogP) is 3.58. The monoisotopic (exact) mass is 360 g/mol. The van der Waals surface area contributed by atoms with Gasteiger partial charge in [0.1, 0.15) is 30.9 Å². The van der Waals surface area contributed by atoms with Crippen LogP contribution < -0.4 is 4.74 Å². The Labute approximate surface area is 151 Å². The van der Waals surface area contributed by atoms with Gasteiger partial charge in [0, 0.05) is 12.1 Å². The molecule has 1 atom stereocenters. The number of methoxy groups -OCH3 is 1. The van der Waals surface area contributed by atoms with E-state index in [0.717, 1.165) is 22.4 Å². The second kappa shape index (κ2) is 7.87. The quantitative estimate of drug-likeness (QED) is 0.699. The van der Waals surface area contributed by atoms with Gasteiger partial charge in [0.25, 0.3) is 0 Å². The lowest BCUT2D eigenvalue weighted by Gasteiger charge is -2.16. The minimum absolute atomic E-state index is 0.181. The molecule has 3 aromatic rings. The molecule has 0 unspecified atom stereocenters. The van der Waals surface area contributed by atoms with Gasteiger partial charge in [-0.1, -0.05) is 23.7 Å². The first kappa shape index (κ1) is 17.7. The topological polar surface area (TPSA) is 56.5 Å². The van der Waals surface area contributed by atoms with E-state index in [4.69, 9.17) is 21.1 Å². The zero-order valence-corrected chi connectivity index (χ0v) is 15.0. The van der Waals surface area contributed by atoms with Crippen LogP contribution in [0.4, 0.5) is 0 Å². The standard InChI is InChI=1S/C19H21ClN2O3/c1-13-9-15(7-8-16(13)20)25-11-14(23)10-22-18-6-4-3-5-17(18)21-19(22)12-24-2/h3-9,14,23H,10-12H2,1-2H3/t14-/m1/s1. The molecule has 1 heterocycles. The fourth-order valence-corrected chi connectivity index (χ4v) is 2.85. The van der Waals surface area contributed by atoms with Crippen LogP contribution in [0, 0.1) is 6.92 Å². The van der Waals surface area contributed by atoms with Gasteiger partial charge in [0.05, 0.1) is 17.6 Å². The molecule has 2 aromatic carbocycles. The van der Waals surface area contributed by atoms with Gasteiger partial charge in [0.15, 0.2) is 0 Å². The number of hydrogen-bond donors (Lipinski definition) is 1. The Morgan fingerprint density at radius 2 is 2.04 bits per heavy atom.